The standard InChI is InChI=1S/C19H24FN5O/c1-24(2)17(26)12-25-9-4-3-8-16(25)18-15(11-22-19(21)23-18)13-6-5-7-14(20)10-13/h5-7,10-11,16H,3-4,8-9,12H2,1-2H3,(H2,21,22,23)/t16-/m1/s1. The Morgan fingerprint density at radius 3 is 2.92 bits per heavy atom. The van der Waals surface area contributed by atoms with Crippen molar-refractivity contribution in [1.82, 2.24) is 19.8 Å². The summed E-state index contributed by atoms with van der Waals surface area (Å²) >= 11 is 0. The Balaban J connectivity index is 2.00. The fraction of sp³-hybridized carbons (Fsp3) is 0.421. The van der Waals surface area contributed by atoms with Crippen LogP contribution in [0.5, 0.6) is 0 Å². The van der Waals surface area contributed by atoms with Crippen molar-refractivity contribution in [2.24, 2.45) is 0 Å². The molecule has 1 atom stereocenters. The maximum atomic E-state index is 13.7. The molecule has 1 aromatic carbocycles. The van der Waals surface area contributed by atoms with Crippen molar-refractivity contribution in [1.29, 1.82) is 0 Å². The highest BCUT2D eigenvalue weighted by Gasteiger charge is 2.29. The van der Waals surface area contributed by atoms with Crippen molar-refractivity contribution < 1.29 is 9.18 Å². The monoisotopic (exact) mass is 357 g/mol. The summed E-state index contributed by atoms with van der Waals surface area (Å²) in [7, 11) is 3.50. The van der Waals surface area contributed by atoms with Gasteiger partial charge in [0.1, 0.15) is 5.82 Å². The average Bonchev–Trinajstić information content (AvgIpc) is 2.62. The zero-order valence-corrected chi connectivity index (χ0v) is 15.2. The second kappa shape index (κ2) is 7.78. The number of aromatic nitrogens is 2. The highest BCUT2D eigenvalue weighted by molar-refractivity contribution is 5.77. The van der Waals surface area contributed by atoms with Crippen LogP contribution >= 0.6 is 0 Å². The van der Waals surface area contributed by atoms with Crippen molar-refractivity contribution in [3.05, 3.63) is 42.0 Å². The SMILES string of the molecule is CN(C)C(=O)CN1CCCC[C@@H]1c1nc(N)ncc1-c1cccc(F)c1. The van der Waals surface area contributed by atoms with Gasteiger partial charge in [0.15, 0.2) is 0 Å². The molecular formula is C19H24FN5O. The van der Waals surface area contributed by atoms with Crippen LogP contribution in [0.2, 0.25) is 0 Å². The van der Waals surface area contributed by atoms with Crippen LogP contribution in [0.3, 0.4) is 0 Å². The Labute approximate surface area is 152 Å². The van der Waals surface area contributed by atoms with Gasteiger partial charge in [-0.05, 0) is 37.1 Å². The van der Waals surface area contributed by atoms with Crippen LogP contribution in [0.4, 0.5) is 10.3 Å². The molecule has 1 aliphatic rings. The second-order valence-corrected chi connectivity index (χ2v) is 6.81. The number of rotatable bonds is 4. The minimum absolute atomic E-state index is 0.0452. The molecule has 0 radical (unpaired) electrons. The average molecular weight is 357 g/mol. The maximum absolute atomic E-state index is 13.7. The Kier molecular flexibility index (Phi) is 5.46. The Morgan fingerprint density at radius 1 is 1.38 bits per heavy atom. The van der Waals surface area contributed by atoms with Crippen LogP contribution in [0, 0.1) is 5.82 Å². The van der Waals surface area contributed by atoms with E-state index in [9.17, 15) is 9.18 Å². The molecule has 2 heterocycles. The largest absolute Gasteiger partial charge is 0.368 e. The van der Waals surface area contributed by atoms with Crippen molar-refractivity contribution in [2.45, 2.75) is 25.3 Å². The first-order valence-electron chi connectivity index (χ1n) is 8.78. The van der Waals surface area contributed by atoms with Crippen molar-refractivity contribution in [3.63, 3.8) is 0 Å². The molecule has 0 saturated carbocycles. The molecule has 1 saturated heterocycles. The minimum atomic E-state index is -0.312. The van der Waals surface area contributed by atoms with Gasteiger partial charge in [-0.25, -0.2) is 14.4 Å². The summed E-state index contributed by atoms with van der Waals surface area (Å²) in [6, 6.07) is 6.33. The summed E-state index contributed by atoms with van der Waals surface area (Å²) in [5.41, 5.74) is 8.08. The number of nitrogens with zero attached hydrogens (tertiary/aromatic N) is 4. The number of hydrogen-bond acceptors (Lipinski definition) is 5. The summed E-state index contributed by atoms with van der Waals surface area (Å²) in [5, 5.41) is 0. The summed E-state index contributed by atoms with van der Waals surface area (Å²) in [5.74, 6) is -0.0793. The fourth-order valence-electron chi connectivity index (χ4n) is 3.35. The zero-order chi connectivity index (χ0) is 18.7. The van der Waals surface area contributed by atoms with Crippen LogP contribution < -0.4 is 5.73 Å². The molecule has 0 spiro atoms. The van der Waals surface area contributed by atoms with E-state index in [4.69, 9.17) is 5.73 Å². The van der Waals surface area contributed by atoms with Gasteiger partial charge in [0.05, 0.1) is 18.3 Å². The first-order chi connectivity index (χ1) is 12.5. The molecule has 0 bridgehead atoms. The van der Waals surface area contributed by atoms with E-state index in [-0.39, 0.29) is 23.7 Å². The third-order valence-electron chi connectivity index (χ3n) is 4.74. The van der Waals surface area contributed by atoms with Crippen LogP contribution in [0.15, 0.2) is 30.5 Å². The number of nitrogen functional groups attached to an aromatic ring is 1. The highest BCUT2D eigenvalue weighted by atomic mass is 19.1. The minimum Gasteiger partial charge on any atom is -0.368 e. The van der Waals surface area contributed by atoms with Gasteiger partial charge in [-0.1, -0.05) is 18.6 Å². The molecule has 6 nitrogen and oxygen atoms in total. The fourth-order valence-corrected chi connectivity index (χ4v) is 3.35. The van der Waals surface area contributed by atoms with Gasteiger partial charge < -0.3 is 10.6 Å². The molecule has 7 heteroatoms. The number of halogens is 1. The van der Waals surface area contributed by atoms with E-state index in [1.165, 1.54) is 12.1 Å². The molecule has 0 unspecified atom stereocenters. The van der Waals surface area contributed by atoms with E-state index in [0.29, 0.717) is 12.1 Å². The lowest BCUT2D eigenvalue weighted by Gasteiger charge is -2.36. The van der Waals surface area contributed by atoms with Crippen molar-refractivity contribution >= 4 is 11.9 Å². The number of likely N-dealkylation sites (N-methyl/N-ethyl adjacent to an activating group) is 1. The van der Waals surface area contributed by atoms with Gasteiger partial charge in [-0.3, -0.25) is 9.69 Å². The van der Waals surface area contributed by atoms with Gasteiger partial charge in [0.25, 0.3) is 0 Å². The number of nitrogens with two attached hydrogens (primary N) is 1. The molecule has 2 N–H and O–H groups in total. The molecule has 26 heavy (non-hydrogen) atoms. The Bertz CT molecular complexity index is 795. The lowest BCUT2D eigenvalue weighted by molar-refractivity contribution is -0.130. The molecular weight excluding hydrogens is 333 g/mol. The smallest absolute Gasteiger partial charge is 0.236 e. The van der Waals surface area contributed by atoms with Crippen molar-refractivity contribution in [2.75, 3.05) is 32.9 Å². The molecule has 0 aliphatic carbocycles. The third-order valence-corrected chi connectivity index (χ3v) is 4.74. The summed E-state index contributed by atoms with van der Waals surface area (Å²) in [6.07, 6.45) is 4.60. The zero-order valence-electron chi connectivity index (χ0n) is 15.2. The quantitative estimate of drug-likeness (QED) is 0.910. The number of hydrogen-bond donors (Lipinski definition) is 1. The highest BCUT2D eigenvalue weighted by Crippen LogP contribution is 2.35. The maximum Gasteiger partial charge on any atom is 0.236 e. The van der Waals surface area contributed by atoms with Crippen LogP contribution in [0.25, 0.3) is 11.1 Å². The normalized spacial score (nSPS) is 17.9. The van der Waals surface area contributed by atoms with E-state index in [2.05, 4.69) is 14.9 Å². The summed E-state index contributed by atoms with van der Waals surface area (Å²) < 4.78 is 13.7. The number of piperidine rings is 1. The van der Waals surface area contributed by atoms with Gasteiger partial charge in [0, 0.05) is 25.9 Å². The number of likely N-dealkylation sites (tertiary alicyclic amines) is 1. The van der Waals surface area contributed by atoms with E-state index < -0.39 is 0 Å². The molecule has 1 fully saturated rings. The van der Waals surface area contributed by atoms with E-state index in [0.717, 1.165) is 37.1 Å². The number of carbonyl (C=O) groups is 1. The first-order valence-corrected chi connectivity index (χ1v) is 8.78. The van der Waals surface area contributed by atoms with Crippen LogP contribution in [0.1, 0.15) is 31.0 Å². The Hall–Kier alpha value is -2.54. The molecule has 1 amide bonds. The topological polar surface area (TPSA) is 75.4 Å². The van der Waals surface area contributed by atoms with Crippen LogP contribution in [-0.2, 0) is 4.79 Å². The molecule has 3 rings (SSSR count). The lowest BCUT2D eigenvalue weighted by Crippen LogP contribution is -2.41. The van der Waals surface area contributed by atoms with Gasteiger partial charge in [0.2, 0.25) is 11.9 Å². The first kappa shape index (κ1) is 18.3. The van der Waals surface area contributed by atoms with E-state index in [1.807, 2.05) is 6.07 Å². The molecule has 2 aromatic rings. The van der Waals surface area contributed by atoms with Gasteiger partial charge in [-0.15, -0.1) is 0 Å². The van der Waals surface area contributed by atoms with Crippen molar-refractivity contribution in [3.8, 4) is 11.1 Å². The van der Waals surface area contributed by atoms with Gasteiger partial charge in [-0.2, -0.15) is 0 Å². The summed E-state index contributed by atoms with van der Waals surface area (Å²) in [4.78, 5) is 24.5. The molecule has 1 aliphatic heterocycles. The summed E-state index contributed by atoms with van der Waals surface area (Å²) in [6.45, 7) is 1.14. The predicted octanol–water partition coefficient (Wildman–Crippen LogP) is 2.48. The molecule has 1 aromatic heterocycles. The second-order valence-electron chi connectivity index (χ2n) is 6.81. The predicted molar refractivity (Wildman–Crippen MR) is 98.7 cm³/mol. The molecule has 138 valence electrons. The van der Waals surface area contributed by atoms with Gasteiger partial charge >= 0.3 is 0 Å². The number of carbonyl (C=O) groups excluding carboxylic acids is 1. The lowest BCUT2D eigenvalue weighted by atomic mass is 9.93. The van der Waals surface area contributed by atoms with E-state index >= 15 is 0 Å². The number of amides is 1. The number of benzene rings is 1. The third kappa shape index (κ3) is 3.99. The number of anilines is 1. The van der Waals surface area contributed by atoms with E-state index in [1.54, 1.807) is 31.3 Å². The van der Waals surface area contributed by atoms with Crippen LogP contribution in [-0.4, -0.2) is 52.9 Å². The Morgan fingerprint density at radius 2 is 2.19 bits per heavy atom.